The third-order valence-corrected chi connectivity index (χ3v) is 5.70. The van der Waals surface area contributed by atoms with Crippen molar-refractivity contribution in [3.05, 3.63) is 84.1 Å². The lowest BCUT2D eigenvalue weighted by molar-refractivity contribution is 0.631. The van der Waals surface area contributed by atoms with E-state index in [1.54, 1.807) is 0 Å². The lowest BCUT2D eigenvalue weighted by atomic mass is 10.0. The lowest BCUT2D eigenvalue weighted by Gasteiger charge is -2.08. The standard InChI is InChI=1S/C26H25N3/c1(3-9-19-17-21-10-4-5-14-23(21)28-18-19)2-6-16-27-26-22-13-7-11-20-12-8-15-24(29-26)25(20)22/h4-5,7-8,10-15,17-18H,1-3,6,9,16H2,(H,27,29). The van der Waals surface area contributed by atoms with E-state index in [1.165, 1.54) is 53.0 Å². The Bertz CT molecular complexity index is 1190. The summed E-state index contributed by atoms with van der Waals surface area (Å²) in [5.41, 5.74) is 4.74. The molecule has 144 valence electrons. The van der Waals surface area contributed by atoms with Crippen molar-refractivity contribution < 1.29 is 0 Å². The monoisotopic (exact) mass is 379 g/mol. The Morgan fingerprint density at radius 2 is 1.59 bits per heavy atom. The highest BCUT2D eigenvalue weighted by molar-refractivity contribution is 6.18. The first-order valence-electron chi connectivity index (χ1n) is 10.6. The van der Waals surface area contributed by atoms with E-state index < -0.39 is 0 Å². The number of pyridine rings is 1. The number of benzene rings is 3. The fourth-order valence-corrected chi connectivity index (χ4v) is 4.19. The van der Waals surface area contributed by atoms with Crippen LogP contribution in [0.25, 0.3) is 21.7 Å². The zero-order valence-corrected chi connectivity index (χ0v) is 16.6. The number of hydrogen-bond acceptors (Lipinski definition) is 3. The van der Waals surface area contributed by atoms with Crippen LogP contribution in [0.4, 0.5) is 5.69 Å². The van der Waals surface area contributed by atoms with Gasteiger partial charge in [-0.2, -0.15) is 0 Å². The summed E-state index contributed by atoms with van der Waals surface area (Å²) in [5.74, 6) is 1.03. The molecule has 0 saturated heterocycles. The van der Waals surface area contributed by atoms with Crippen LogP contribution in [0.15, 0.2) is 77.9 Å². The number of hydrogen-bond donors (Lipinski definition) is 1. The van der Waals surface area contributed by atoms with Crippen LogP contribution in [-0.2, 0) is 6.42 Å². The van der Waals surface area contributed by atoms with Crippen LogP contribution >= 0.6 is 0 Å². The molecule has 0 bridgehead atoms. The van der Waals surface area contributed by atoms with Gasteiger partial charge in [-0.1, -0.05) is 61.4 Å². The Balaban J connectivity index is 1.07. The minimum Gasteiger partial charge on any atom is -0.370 e. The van der Waals surface area contributed by atoms with E-state index in [0.29, 0.717) is 0 Å². The fourth-order valence-electron chi connectivity index (χ4n) is 4.19. The molecule has 1 aromatic heterocycles. The predicted molar refractivity (Wildman–Crippen MR) is 122 cm³/mol. The Kier molecular flexibility index (Phi) is 4.95. The molecule has 3 aromatic carbocycles. The maximum Gasteiger partial charge on any atom is 0.134 e. The number of aliphatic imine (C=N–C) groups is 1. The summed E-state index contributed by atoms with van der Waals surface area (Å²) in [7, 11) is 0. The van der Waals surface area contributed by atoms with Crippen LogP contribution in [0.1, 0.15) is 36.8 Å². The van der Waals surface area contributed by atoms with Crippen molar-refractivity contribution in [1.82, 2.24) is 10.3 Å². The number of amidine groups is 1. The van der Waals surface area contributed by atoms with Gasteiger partial charge in [0.2, 0.25) is 0 Å². The minimum atomic E-state index is 0.973. The topological polar surface area (TPSA) is 37.3 Å². The van der Waals surface area contributed by atoms with Crippen LogP contribution in [0, 0.1) is 0 Å². The fraction of sp³-hybridized carbons (Fsp3) is 0.231. The lowest BCUT2D eigenvalue weighted by Crippen LogP contribution is -2.24. The molecular weight excluding hydrogens is 354 g/mol. The third-order valence-electron chi connectivity index (χ3n) is 5.70. The van der Waals surface area contributed by atoms with E-state index in [4.69, 9.17) is 4.99 Å². The van der Waals surface area contributed by atoms with Gasteiger partial charge in [0.1, 0.15) is 5.84 Å². The molecule has 0 fully saturated rings. The summed E-state index contributed by atoms with van der Waals surface area (Å²) in [6, 6.07) is 23.4. The smallest absolute Gasteiger partial charge is 0.134 e. The number of rotatable bonds is 7. The van der Waals surface area contributed by atoms with E-state index in [9.17, 15) is 0 Å². The Morgan fingerprint density at radius 3 is 2.55 bits per heavy atom. The van der Waals surface area contributed by atoms with Gasteiger partial charge in [-0.05, 0) is 48.4 Å². The van der Waals surface area contributed by atoms with E-state index in [2.05, 4.69) is 71.0 Å². The molecule has 0 spiro atoms. The SMILES string of the molecule is c1ccc2ncc(CCCCCCNC3=Nc4cccc5cccc3c45)cc2c1. The highest BCUT2D eigenvalue weighted by Crippen LogP contribution is 2.34. The molecule has 4 aromatic rings. The molecule has 0 aliphatic carbocycles. The van der Waals surface area contributed by atoms with Gasteiger partial charge in [0.15, 0.2) is 0 Å². The maximum atomic E-state index is 4.79. The van der Waals surface area contributed by atoms with Crippen LogP contribution < -0.4 is 5.32 Å². The molecule has 1 aliphatic rings. The van der Waals surface area contributed by atoms with E-state index in [1.807, 2.05) is 12.3 Å². The van der Waals surface area contributed by atoms with E-state index >= 15 is 0 Å². The number of fused-ring (bicyclic) bond motifs is 1. The molecule has 29 heavy (non-hydrogen) atoms. The van der Waals surface area contributed by atoms with Crippen molar-refractivity contribution in [3.63, 3.8) is 0 Å². The second-order valence-corrected chi connectivity index (χ2v) is 7.77. The molecule has 5 rings (SSSR count). The predicted octanol–water partition coefficient (Wildman–Crippen LogP) is 6.17. The second kappa shape index (κ2) is 8.04. The third kappa shape index (κ3) is 3.73. The Labute approximate surface area is 171 Å². The normalized spacial score (nSPS) is 12.5. The number of nitrogens with one attached hydrogen (secondary N) is 1. The number of nitrogens with zero attached hydrogens (tertiary/aromatic N) is 2. The molecule has 3 heteroatoms. The average molecular weight is 380 g/mol. The highest BCUT2D eigenvalue weighted by atomic mass is 15.0. The van der Waals surface area contributed by atoms with Gasteiger partial charge >= 0.3 is 0 Å². The van der Waals surface area contributed by atoms with Gasteiger partial charge in [-0.3, -0.25) is 4.98 Å². The minimum absolute atomic E-state index is 0.973. The molecule has 0 atom stereocenters. The van der Waals surface area contributed by atoms with Crippen molar-refractivity contribution in [1.29, 1.82) is 0 Å². The molecule has 2 heterocycles. The number of aromatic nitrogens is 1. The van der Waals surface area contributed by atoms with Gasteiger partial charge in [-0.25, -0.2) is 4.99 Å². The number of aryl methyl sites for hydroxylation is 1. The molecule has 1 aliphatic heterocycles. The Morgan fingerprint density at radius 1 is 0.759 bits per heavy atom. The second-order valence-electron chi connectivity index (χ2n) is 7.77. The summed E-state index contributed by atoms with van der Waals surface area (Å²) in [6.45, 7) is 0.973. The summed E-state index contributed by atoms with van der Waals surface area (Å²) in [5, 5.41) is 7.34. The van der Waals surface area contributed by atoms with Crippen molar-refractivity contribution in [2.45, 2.75) is 32.1 Å². The van der Waals surface area contributed by atoms with Crippen molar-refractivity contribution in [3.8, 4) is 0 Å². The van der Waals surface area contributed by atoms with Gasteiger partial charge in [0.05, 0.1) is 11.2 Å². The summed E-state index contributed by atoms with van der Waals surface area (Å²) >= 11 is 0. The first kappa shape index (κ1) is 17.9. The summed E-state index contributed by atoms with van der Waals surface area (Å²) in [6.07, 6.45) is 8.00. The van der Waals surface area contributed by atoms with Gasteiger partial charge < -0.3 is 5.32 Å². The van der Waals surface area contributed by atoms with Crippen LogP contribution in [-0.4, -0.2) is 17.4 Å². The van der Waals surface area contributed by atoms with Crippen molar-refractivity contribution in [2.24, 2.45) is 4.99 Å². The quantitative estimate of drug-likeness (QED) is 0.390. The Hall–Kier alpha value is -3.20. The summed E-state index contributed by atoms with van der Waals surface area (Å²) < 4.78 is 0. The van der Waals surface area contributed by atoms with Gasteiger partial charge in [0.25, 0.3) is 0 Å². The zero-order chi connectivity index (χ0) is 19.5. The first-order valence-corrected chi connectivity index (χ1v) is 10.6. The van der Waals surface area contributed by atoms with Crippen LogP contribution in [0.3, 0.4) is 0 Å². The molecular formula is C26H25N3. The molecule has 3 nitrogen and oxygen atoms in total. The highest BCUT2D eigenvalue weighted by Gasteiger charge is 2.17. The number of unbranched alkanes of at least 4 members (excludes halogenated alkanes) is 3. The number of para-hydroxylation sites is 1. The van der Waals surface area contributed by atoms with Crippen LogP contribution in [0.5, 0.6) is 0 Å². The van der Waals surface area contributed by atoms with Gasteiger partial charge in [0, 0.05) is 29.1 Å². The van der Waals surface area contributed by atoms with Crippen molar-refractivity contribution >= 4 is 33.2 Å². The summed E-state index contributed by atoms with van der Waals surface area (Å²) in [4.78, 5) is 9.36. The maximum absolute atomic E-state index is 4.79. The molecule has 0 unspecified atom stereocenters. The average Bonchev–Trinajstić information content (AvgIpc) is 3.13. The largest absolute Gasteiger partial charge is 0.370 e. The molecule has 1 N–H and O–H groups in total. The molecule has 0 amide bonds. The van der Waals surface area contributed by atoms with E-state index in [-0.39, 0.29) is 0 Å². The molecule has 0 radical (unpaired) electrons. The van der Waals surface area contributed by atoms with Crippen LogP contribution in [0.2, 0.25) is 0 Å². The zero-order valence-electron chi connectivity index (χ0n) is 16.6. The molecule has 0 saturated carbocycles. The first-order chi connectivity index (χ1) is 14.4. The van der Waals surface area contributed by atoms with Gasteiger partial charge in [-0.15, -0.1) is 0 Å². The van der Waals surface area contributed by atoms with Crippen molar-refractivity contribution in [2.75, 3.05) is 6.54 Å². The van der Waals surface area contributed by atoms with E-state index in [0.717, 1.165) is 30.0 Å².